The third-order valence-electron chi connectivity index (χ3n) is 3.62. The molecule has 0 radical (unpaired) electrons. The molecule has 0 saturated heterocycles. The normalized spacial score (nSPS) is 12.1. The maximum absolute atomic E-state index is 11.7. The van der Waals surface area contributed by atoms with Gasteiger partial charge in [0.25, 0.3) is 0 Å². The van der Waals surface area contributed by atoms with Crippen LogP contribution in [0.5, 0.6) is 0 Å². The number of hydrogen-bond acceptors (Lipinski definition) is 3. The van der Waals surface area contributed by atoms with E-state index in [4.69, 9.17) is 0 Å². The summed E-state index contributed by atoms with van der Waals surface area (Å²) in [5, 5.41) is 6.19. The number of rotatable bonds is 8. The van der Waals surface area contributed by atoms with E-state index in [1.54, 1.807) is 0 Å². The Morgan fingerprint density at radius 3 is 2.78 bits per heavy atom. The summed E-state index contributed by atoms with van der Waals surface area (Å²) in [6.45, 7) is 5.32. The molecule has 2 aromatic rings. The Balaban J connectivity index is 1.75. The summed E-state index contributed by atoms with van der Waals surface area (Å²) < 4.78 is 1.05. The molecule has 0 spiro atoms. The highest BCUT2D eigenvalue weighted by Crippen LogP contribution is 2.19. The van der Waals surface area contributed by atoms with E-state index in [1.807, 2.05) is 37.4 Å². The lowest BCUT2D eigenvalue weighted by Crippen LogP contribution is -2.33. The zero-order valence-electron chi connectivity index (χ0n) is 13.5. The fourth-order valence-corrected chi connectivity index (χ4v) is 2.35. The zero-order chi connectivity index (χ0) is 16.7. The minimum atomic E-state index is 0.0850. The number of benzene rings is 1. The van der Waals surface area contributed by atoms with Crippen LogP contribution in [0.25, 0.3) is 11.3 Å². The van der Waals surface area contributed by atoms with Gasteiger partial charge in [-0.2, -0.15) is 0 Å². The Kier molecular flexibility index (Phi) is 6.80. The molecule has 2 rings (SSSR count). The summed E-state index contributed by atoms with van der Waals surface area (Å²) in [5.74, 6) is 0.951. The largest absolute Gasteiger partial charge is 0.354 e. The first-order valence-corrected chi connectivity index (χ1v) is 8.67. The maximum Gasteiger partial charge on any atom is 0.221 e. The highest BCUT2D eigenvalue weighted by molar-refractivity contribution is 9.10. The molecule has 1 heterocycles. The summed E-state index contributed by atoms with van der Waals surface area (Å²) in [4.78, 5) is 19.3. The van der Waals surface area contributed by atoms with Gasteiger partial charge in [0.05, 0.1) is 18.4 Å². The average molecular weight is 379 g/mol. The van der Waals surface area contributed by atoms with Crippen LogP contribution in [-0.4, -0.2) is 28.5 Å². The topological polar surface area (TPSA) is 69.8 Å². The molecule has 0 aliphatic carbocycles. The van der Waals surface area contributed by atoms with Crippen molar-refractivity contribution in [1.82, 2.24) is 20.6 Å². The van der Waals surface area contributed by atoms with Gasteiger partial charge in [0.1, 0.15) is 5.82 Å². The molecule has 0 bridgehead atoms. The first kappa shape index (κ1) is 17.7. The van der Waals surface area contributed by atoms with Crippen molar-refractivity contribution < 1.29 is 4.79 Å². The predicted molar refractivity (Wildman–Crippen MR) is 95.9 cm³/mol. The van der Waals surface area contributed by atoms with E-state index in [0.29, 0.717) is 19.5 Å². The van der Waals surface area contributed by atoms with E-state index >= 15 is 0 Å². The lowest BCUT2D eigenvalue weighted by atomic mass is 10.2. The Morgan fingerprint density at radius 1 is 1.35 bits per heavy atom. The Labute approximate surface area is 145 Å². The lowest BCUT2D eigenvalue weighted by Gasteiger charge is -2.11. The molecule has 6 heteroatoms. The predicted octanol–water partition coefficient (Wildman–Crippen LogP) is 3.23. The lowest BCUT2D eigenvalue weighted by molar-refractivity contribution is -0.121. The van der Waals surface area contributed by atoms with Gasteiger partial charge >= 0.3 is 0 Å². The summed E-state index contributed by atoms with van der Waals surface area (Å²) >= 11 is 3.43. The number of nitrogens with zero attached hydrogens (tertiary/aromatic N) is 1. The fourth-order valence-electron chi connectivity index (χ4n) is 2.09. The Hall–Kier alpha value is -1.66. The molecule has 1 atom stereocenters. The van der Waals surface area contributed by atoms with Crippen LogP contribution < -0.4 is 10.6 Å². The molecular formula is C17H23BrN4O. The summed E-state index contributed by atoms with van der Waals surface area (Å²) in [7, 11) is 0. The number of nitrogens with one attached hydrogen (secondary N) is 3. The molecule has 3 N–H and O–H groups in total. The van der Waals surface area contributed by atoms with Crippen LogP contribution in [-0.2, 0) is 11.3 Å². The SMILES string of the molecule is CCC(C)NC(=O)CCNCc1ncc(-c2ccc(Br)cc2)[nH]1. The molecule has 1 aromatic carbocycles. The van der Waals surface area contributed by atoms with Gasteiger partial charge in [-0.1, -0.05) is 35.0 Å². The van der Waals surface area contributed by atoms with Gasteiger partial charge < -0.3 is 15.6 Å². The number of H-pyrrole nitrogens is 1. The van der Waals surface area contributed by atoms with Crippen molar-refractivity contribution >= 4 is 21.8 Å². The van der Waals surface area contributed by atoms with Gasteiger partial charge in [-0.25, -0.2) is 4.98 Å². The van der Waals surface area contributed by atoms with E-state index in [9.17, 15) is 4.79 Å². The van der Waals surface area contributed by atoms with E-state index in [1.165, 1.54) is 0 Å². The first-order chi connectivity index (χ1) is 11.1. The zero-order valence-corrected chi connectivity index (χ0v) is 15.1. The minimum absolute atomic E-state index is 0.0850. The van der Waals surface area contributed by atoms with Crippen LogP contribution in [0, 0.1) is 0 Å². The smallest absolute Gasteiger partial charge is 0.221 e. The van der Waals surface area contributed by atoms with Crippen molar-refractivity contribution in [2.45, 2.75) is 39.3 Å². The van der Waals surface area contributed by atoms with E-state index in [-0.39, 0.29) is 11.9 Å². The molecule has 1 amide bonds. The van der Waals surface area contributed by atoms with Crippen molar-refractivity contribution in [3.63, 3.8) is 0 Å². The highest BCUT2D eigenvalue weighted by Gasteiger charge is 2.06. The number of imidazole rings is 1. The standard InChI is InChI=1S/C17H23BrN4O/c1-3-12(2)21-17(23)8-9-19-11-16-20-10-15(22-16)13-4-6-14(18)7-5-13/h4-7,10,12,19H,3,8-9,11H2,1-2H3,(H,20,22)(H,21,23). The molecule has 0 saturated carbocycles. The number of aromatic amines is 1. The number of amides is 1. The van der Waals surface area contributed by atoms with E-state index < -0.39 is 0 Å². The van der Waals surface area contributed by atoms with Crippen molar-refractivity contribution in [2.24, 2.45) is 0 Å². The number of aromatic nitrogens is 2. The summed E-state index contributed by atoms with van der Waals surface area (Å²) in [5.41, 5.74) is 2.09. The minimum Gasteiger partial charge on any atom is -0.354 e. The van der Waals surface area contributed by atoms with Crippen molar-refractivity contribution in [1.29, 1.82) is 0 Å². The Bertz CT molecular complexity index is 624. The summed E-state index contributed by atoms with van der Waals surface area (Å²) in [6, 6.07) is 8.32. The van der Waals surface area contributed by atoms with E-state index in [0.717, 1.165) is 28.0 Å². The third-order valence-corrected chi connectivity index (χ3v) is 4.15. The molecule has 1 aromatic heterocycles. The highest BCUT2D eigenvalue weighted by atomic mass is 79.9. The van der Waals surface area contributed by atoms with Crippen LogP contribution in [0.2, 0.25) is 0 Å². The van der Waals surface area contributed by atoms with Crippen LogP contribution >= 0.6 is 15.9 Å². The molecule has 0 aliphatic heterocycles. The molecule has 0 fully saturated rings. The second kappa shape index (κ2) is 8.84. The van der Waals surface area contributed by atoms with Gasteiger partial charge in [-0.15, -0.1) is 0 Å². The molecule has 23 heavy (non-hydrogen) atoms. The molecular weight excluding hydrogens is 356 g/mol. The fraction of sp³-hybridized carbons (Fsp3) is 0.412. The van der Waals surface area contributed by atoms with Crippen molar-refractivity contribution in [2.75, 3.05) is 6.54 Å². The summed E-state index contributed by atoms with van der Waals surface area (Å²) in [6.07, 6.45) is 3.25. The average Bonchev–Trinajstić information content (AvgIpc) is 3.01. The Morgan fingerprint density at radius 2 is 2.09 bits per heavy atom. The van der Waals surface area contributed by atoms with E-state index in [2.05, 4.69) is 43.5 Å². The van der Waals surface area contributed by atoms with Crippen LogP contribution in [0.3, 0.4) is 0 Å². The maximum atomic E-state index is 11.7. The van der Waals surface area contributed by atoms with Gasteiger partial charge in [0.15, 0.2) is 0 Å². The quantitative estimate of drug-likeness (QED) is 0.617. The second-order valence-electron chi connectivity index (χ2n) is 5.55. The van der Waals surface area contributed by atoms with Gasteiger partial charge in [0, 0.05) is 23.5 Å². The molecule has 5 nitrogen and oxygen atoms in total. The number of halogens is 1. The van der Waals surface area contributed by atoms with Gasteiger partial charge in [-0.05, 0) is 31.0 Å². The van der Waals surface area contributed by atoms with Crippen LogP contribution in [0.1, 0.15) is 32.5 Å². The third kappa shape index (κ3) is 5.80. The van der Waals surface area contributed by atoms with Gasteiger partial charge in [0.2, 0.25) is 5.91 Å². The first-order valence-electron chi connectivity index (χ1n) is 7.88. The van der Waals surface area contributed by atoms with Crippen LogP contribution in [0.15, 0.2) is 34.9 Å². The molecule has 0 aliphatic rings. The molecule has 1 unspecified atom stereocenters. The van der Waals surface area contributed by atoms with Crippen molar-refractivity contribution in [3.8, 4) is 11.3 Å². The second-order valence-corrected chi connectivity index (χ2v) is 6.47. The number of carbonyl (C=O) groups excluding carboxylic acids is 1. The van der Waals surface area contributed by atoms with Gasteiger partial charge in [-0.3, -0.25) is 4.79 Å². The monoisotopic (exact) mass is 378 g/mol. The number of carbonyl (C=O) groups is 1. The number of hydrogen-bond donors (Lipinski definition) is 3. The van der Waals surface area contributed by atoms with Crippen molar-refractivity contribution in [3.05, 3.63) is 40.8 Å². The molecule has 124 valence electrons. The van der Waals surface area contributed by atoms with Crippen LogP contribution in [0.4, 0.5) is 0 Å².